The number of carbonyl (C=O) groups is 3. The molecule has 2 aromatic carbocycles. The molecule has 0 saturated heterocycles. The third kappa shape index (κ3) is 6.14. The van der Waals surface area contributed by atoms with E-state index < -0.39 is 30.0 Å². The Balaban J connectivity index is 1.54. The minimum absolute atomic E-state index is 0.0910. The van der Waals surface area contributed by atoms with Crippen LogP contribution >= 0.6 is 0 Å². The van der Waals surface area contributed by atoms with Gasteiger partial charge in [0.1, 0.15) is 36.3 Å². The van der Waals surface area contributed by atoms with E-state index >= 15 is 0 Å². The predicted octanol–water partition coefficient (Wildman–Crippen LogP) is 0.425. The molecule has 37 heavy (non-hydrogen) atoms. The topological polar surface area (TPSA) is 165 Å². The highest BCUT2D eigenvalue weighted by Crippen LogP contribution is 2.15. The molecule has 0 fully saturated rings. The molecule has 2 amide bonds. The van der Waals surface area contributed by atoms with Crippen molar-refractivity contribution in [1.29, 1.82) is 0 Å². The summed E-state index contributed by atoms with van der Waals surface area (Å²) in [5, 5.41) is 15.5. The molecule has 11 heteroatoms. The van der Waals surface area contributed by atoms with Gasteiger partial charge in [0.25, 0.3) is 0 Å². The van der Waals surface area contributed by atoms with Gasteiger partial charge in [-0.15, -0.1) is 0 Å². The lowest BCUT2D eigenvalue weighted by Gasteiger charge is -2.30. The van der Waals surface area contributed by atoms with Crippen LogP contribution in [0.3, 0.4) is 0 Å². The number of hydrogen-bond acceptors (Lipinski definition) is 8. The summed E-state index contributed by atoms with van der Waals surface area (Å²) in [7, 11) is 0. The molecular formula is C26H27N7O4. The van der Waals surface area contributed by atoms with Gasteiger partial charge in [0.05, 0.1) is 12.9 Å². The third-order valence-electron chi connectivity index (χ3n) is 5.92. The molecule has 0 aliphatic rings. The molecule has 0 spiro atoms. The molecule has 0 radical (unpaired) electrons. The van der Waals surface area contributed by atoms with E-state index in [0.29, 0.717) is 17.5 Å². The van der Waals surface area contributed by atoms with Crippen molar-refractivity contribution in [3.8, 4) is 0 Å². The number of benzene rings is 2. The van der Waals surface area contributed by atoms with Crippen LogP contribution in [0.1, 0.15) is 11.1 Å². The van der Waals surface area contributed by atoms with E-state index in [1.807, 2.05) is 36.4 Å². The molecule has 5 N–H and O–H groups in total. The van der Waals surface area contributed by atoms with Crippen LogP contribution in [0, 0.1) is 0 Å². The fourth-order valence-electron chi connectivity index (χ4n) is 4.01. The Labute approximate surface area is 212 Å². The summed E-state index contributed by atoms with van der Waals surface area (Å²) in [5.74, 6) is -0.884. The Bertz CT molecular complexity index is 1380. The molecule has 0 saturated carbocycles. The number of aldehydes is 1. The number of imidazole rings is 1. The zero-order valence-electron chi connectivity index (χ0n) is 19.9. The SMILES string of the molecule is Nc1ncnc2c1ncn2CC(=O)NC(Cc1ccccc1)C(=O)NC(C=O)(CO)Cc1ccccc1. The number of carbonyl (C=O) groups excluding carboxylic acids is 3. The smallest absolute Gasteiger partial charge is 0.243 e. The van der Waals surface area contributed by atoms with Crippen LogP contribution in [0.15, 0.2) is 73.3 Å². The van der Waals surface area contributed by atoms with E-state index in [4.69, 9.17) is 5.73 Å². The summed E-state index contributed by atoms with van der Waals surface area (Å²) in [6.07, 6.45) is 3.49. The summed E-state index contributed by atoms with van der Waals surface area (Å²) < 4.78 is 1.50. The quantitative estimate of drug-likeness (QED) is 0.215. The Morgan fingerprint density at radius 2 is 1.70 bits per heavy atom. The van der Waals surface area contributed by atoms with Gasteiger partial charge in [0.15, 0.2) is 11.5 Å². The first-order chi connectivity index (χ1) is 17.9. The Morgan fingerprint density at radius 3 is 2.35 bits per heavy atom. The zero-order valence-corrected chi connectivity index (χ0v) is 19.9. The summed E-state index contributed by atoms with van der Waals surface area (Å²) in [5.41, 5.74) is 6.59. The predicted molar refractivity (Wildman–Crippen MR) is 136 cm³/mol. The van der Waals surface area contributed by atoms with Gasteiger partial charge >= 0.3 is 0 Å². The second kappa shape index (κ2) is 11.4. The molecule has 11 nitrogen and oxygen atoms in total. The van der Waals surface area contributed by atoms with Crippen LogP contribution in [-0.2, 0) is 33.8 Å². The number of nitrogens with two attached hydrogens (primary N) is 1. The lowest BCUT2D eigenvalue weighted by molar-refractivity contribution is -0.132. The van der Waals surface area contributed by atoms with Gasteiger partial charge < -0.3 is 30.8 Å². The van der Waals surface area contributed by atoms with Gasteiger partial charge in [-0.2, -0.15) is 0 Å². The van der Waals surface area contributed by atoms with Crippen LogP contribution < -0.4 is 16.4 Å². The Hall–Kier alpha value is -4.64. The van der Waals surface area contributed by atoms with Gasteiger partial charge in [-0.3, -0.25) is 9.59 Å². The van der Waals surface area contributed by atoms with Crippen molar-refractivity contribution in [3.63, 3.8) is 0 Å². The van der Waals surface area contributed by atoms with Crippen LogP contribution in [0.4, 0.5) is 5.82 Å². The van der Waals surface area contributed by atoms with Crippen molar-refractivity contribution in [3.05, 3.63) is 84.4 Å². The highest BCUT2D eigenvalue weighted by atomic mass is 16.3. The number of hydrogen-bond donors (Lipinski definition) is 4. The minimum Gasteiger partial charge on any atom is -0.393 e. The summed E-state index contributed by atoms with van der Waals surface area (Å²) in [6, 6.07) is 17.2. The summed E-state index contributed by atoms with van der Waals surface area (Å²) in [4.78, 5) is 50.7. The van der Waals surface area contributed by atoms with E-state index in [-0.39, 0.29) is 25.2 Å². The van der Waals surface area contributed by atoms with Crippen molar-refractivity contribution >= 4 is 35.1 Å². The number of nitrogen functional groups attached to an aromatic ring is 1. The van der Waals surface area contributed by atoms with E-state index in [9.17, 15) is 19.5 Å². The standard InChI is InChI=1S/C26H27N7O4/c27-23-22-24(29-16-28-23)33(17-30-22)13-21(36)31-20(11-18-7-3-1-4-8-18)25(37)32-26(14-34,15-35)12-19-9-5-2-6-10-19/h1-10,14,16-17,20,35H,11-13,15H2,(H,31,36)(H,32,37)(H2,27,28,29). The van der Waals surface area contributed by atoms with Crippen molar-refractivity contribution < 1.29 is 19.5 Å². The molecule has 0 bridgehead atoms. The van der Waals surface area contributed by atoms with Crippen LogP contribution in [0.25, 0.3) is 11.2 Å². The number of aliphatic hydroxyl groups excluding tert-OH is 1. The fraction of sp³-hybridized carbons (Fsp3) is 0.231. The molecule has 4 rings (SSSR count). The Morgan fingerprint density at radius 1 is 1.03 bits per heavy atom. The molecule has 4 aromatic rings. The minimum atomic E-state index is -1.55. The largest absolute Gasteiger partial charge is 0.393 e. The first kappa shape index (κ1) is 25.5. The average Bonchev–Trinajstić information content (AvgIpc) is 3.32. The molecular weight excluding hydrogens is 474 g/mol. The second-order valence-corrected chi connectivity index (χ2v) is 8.70. The van der Waals surface area contributed by atoms with Crippen LogP contribution in [0.2, 0.25) is 0 Å². The zero-order chi connectivity index (χ0) is 26.3. The highest BCUT2D eigenvalue weighted by Gasteiger charge is 2.34. The lowest BCUT2D eigenvalue weighted by atomic mass is 9.92. The molecule has 2 aromatic heterocycles. The van der Waals surface area contributed by atoms with Gasteiger partial charge in [-0.1, -0.05) is 60.7 Å². The van der Waals surface area contributed by atoms with E-state index in [1.165, 1.54) is 17.2 Å². The lowest BCUT2D eigenvalue weighted by Crippen LogP contribution is -2.60. The molecule has 2 unspecified atom stereocenters. The molecule has 190 valence electrons. The number of nitrogens with one attached hydrogen (secondary N) is 2. The van der Waals surface area contributed by atoms with Crippen LogP contribution in [-0.4, -0.2) is 60.9 Å². The third-order valence-corrected chi connectivity index (χ3v) is 5.92. The number of amides is 2. The maximum absolute atomic E-state index is 13.4. The Kier molecular flexibility index (Phi) is 7.84. The maximum Gasteiger partial charge on any atom is 0.243 e. The summed E-state index contributed by atoms with van der Waals surface area (Å²) in [6.45, 7) is -0.778. The van der Waals surface area contributed by atoms with Crippen molar-refractivity contribution in [2.24, 2.45) is 0 Å². The monoisotopic (exact) mass is 501 g/mol. The molecule has 0 aliphatic carbocycles. The van der Waals surface area contributed by atoms with Gasteiger partial charge in [-0.05, 0) is 11.1 Å². The molecule has 0 aliphatic heterocycles. The number of rotatable bonds is 11. The van der Waals surface area contributed by atoms with Gasteiger partial charge in [0.2, 0.25) is 11.8 Å². The van der Waals surface area contributed by atoms with Crippen molar-refractivity contribution in [1.82, 2.24) is 30.2 Å². The van der Waals surface area contributed by atoms with E-state index in [1.54, 1.807) is 24.3 Å². The van der Waals surface area contributed by atoms with E-state index in [2.05, 4.69) is 25.6 Å². The van der Waals surface area contributed by atoms with Crippen molar-refractivity contribution in [2.45, 2.75) is 31.0 Å². The van der Waals surface area contributed by atoms with Gasteiger partial charge in [0, 0.05) is 12.8 Å². The highest BCUT2D eigenvalue weighted by molar-refractivity contribution is 5.91. The maximum atomic E-state index is 13.4. The number of fused-ring (bicyclic) bond motifs is 1. The molecule has 2 heterocycles. The fourth-order valence-corrected chi connectivity index (χ4v) is 4.01. The van der Waals surface area contributed by atoms with E-state index in [0.717, 1.165) is 11.1 Å². The first-order valence-electron chi connectivity index (χ1n) is 11.6. The number of nitrogens with zero attached hydrogens (tertiary/aromatic N) is 4. The first-order valence-corrected chi connectivity index (χ1v) is 11.6. The number of aromatic nitrogens is 4. The number of anilines is 1. The van der Waals surface area contributed by atoms with Gasteiger partial charge in [-0.25, -0.2) is 15.0 Å². The van der Waals surface area contributed by atoms with Crippen LogP contribution in [0.5, 0.6) is 0 Å². The number of aliphatic hydroxyl groups is 1. The normalized spacial score (nSPS) is 13.4. The second-order valence-electron chi connectivity index (χ2n) is 8.70. The summed E-state index contributed by atoms with van der Waals surface area (Å²) >= 11 is 0. The average molecular weight is 502 g/mol. The van der Waals surface area contributed by atoms with Crippen molar-refractivity contribution in [2.75, 3.05) is 12.3 Å². The molecule has 2 atom stereocenters.